The molecule has 1 unspecified atom stereocenters. The number of hydrogen-bond donors (Lipinski definition) is 2. The number of amides is 1. The van der Waals surface area contributed by atoms with Crippen LogP contribution in [0.25, 0.3) is 0 Å². The highest BCUT2D eigenvalue weighted by Crippen LogP contribution is 2.11. The first-order valence-corrected chi connectivity index (χ1v) is 9.61. The highest BCUT2D eigenvalue weighted by atomic mass is 17.0. The number of carbonyl (C=O) groups excluding carboxylic acids is 1. The van der Waals surface area contributed by atoms with Crippen molar-refractivity contribution in [2.24, 2.45) is 0 Å². The van der Waals surface area contributed by atoms with Crippen LogP contribution < -0.4 is 5.32 Å². The Labute approximate surface area is 150 Å². The average Bonchev–Trinajstić information content (AvgIpc) is 2.66. The molecule has 8 heteroatoms. The van der Waals surface area contributed by atoms with Crippen LogP contribution in [0.1, 0.15) is 32.6 Å². The van der Waals surface area contributed by atoms with Gasteiger partial charge in [-0.3, -0.25) is 9.69 Å². The van der Waals surface area contributed by atoms with Crippen molar-refractivity contribution in [3.63, 3.8) is 0 Å². The summed E-state index contributed by atoms with van der Waals surface area (Å²) in [6.07, 6.45) is 3.96. The number of aliphatic hydroxyl groups is 1. The van der Waals surface area contributed by atoms with Gasteiger partial charge >= 0.3 is 0 Å². The van der Waals surface area contributed by atoms with Crippen molar-refractivity contribution in [2.75, 3.05) is 65.6 Å². The second kappa shape index (κ2) is 11.8. The summed E-state index contributed by atoms with van der Waals surface area (Å²) < 4.78 is 0. The van der Waals surface area contributed by atoms with E-state index in [4.69, 9.17) is 9.68 Å². The molecule has 0 bridgehead atoms. The topological polar surface area (TPSA) is 77.5 Å². The number of aliphatic hydroxyl groups excluding tert-OH is 1. The molecule has 8 nitrogen and oxygen atoms in total. The van der Waals surface area contributed by atoms with Crippen LogP contribution in [0.2, 0.25) is 0 Å². The van der Waals surface area contributed by atoms with E-state index in [0.29, 0.717) is 13.2 Å². The zero-order chi connectivity index (χ0) is 17.9. The van der Waals surface area contributed by atoms with Gasteiger partial charge in [0.05, 0.1) is 19.8 Å². The molecule has 2 rings (SSSR count). The van der Waals surface area contributed by atoms with Crippen LogP contribution in [0.15, 0.2) is 0 Å². The van der Waals surface area contributed by atoms with Gasteiger partial charge < -0.3 is 15.3 Å². The Bertz CT molecular complexity index is 374. The lowest BCUT2D eigenvalue weighted by Gasteiger charge is -2.34. The van der Waals surface area contributed by atoms with E-state index in [1.807, 2.05) is 6.92 Å². The van der Waals surface area contributed by atoms with E-state index in [2.05, 4.69) is 15.1 Å². The van der Waals surface area contributed by atoms with E-state index in [9.17, 15) is 9.90 Å². The number of hydrogen-bond acceptors (Lipinski definition) is 7. The van der Waals surface area contributed by atoms with Crippen LogP contribution in [0.3, 0.4) is 0 Å². The van der Waals surface area contributed by atoms with Gasteiger partial charge in [-0.25, -0.2) is 9.68 Å². The highest BCUT2D eigenvalue weighted by Gasteiger charge is 2.26. The van der Waals surface area contributed by atoms with E-state index in [0.717, 1.165) is 51.0 Å². The summed E-state index contributed by atoms with van der Waals surface area (Å²) in [4.78, 5) is 28.0. The Kier molecular flexibility index (Phi) is 9.67. The molecular formula is C17H34N4O4. The molecule has 2 heterocycles. The predicted octanol–water partition coefficient (Wildman–Crippen LogP) is -0.160. The summed E-state index contributed by atoms with van der Waals surface area (Å²) >= 11 is 0. The van der Waals surface area contributed by atoms with E-state index >= 15 is 0 Å². The minimum Gasteiger partial charge on any atom is -0.395 e. The molecule has 146 valence electrons. The van der Waals surface area contributed by atoms with Crippen LogP contribution >= 0.6 is 0 Å². The van der Waals surface area contributed by atoms with Crippen molar-refractivity contribution in [1.82, 2.24) is 20.3 Å². The molecule has 0 aliphatic carbocycles. The third kappa shape index (κ3) is 7.16. The maximum absolute atomic E-state index is 12.5. The molecule has 0 aromatic carbocycles. The Balaban J connectivity index is 1.76. The van der Waals surface area contributed by atoms with Gasteiger partial charge in [0, 0.05) is 45.2 Å². The molecule has 0 aromatic rings. The lowest BCUT2D eigenvalue weighted by atomic mass is 10.1. The van der Waals surface area contributed by atoms with Crippen LogP contribution in [0.5, 0.6) is 0 Å². The van der Waals surface area contributed by atoms with E-state index < -0.39 is 0 Å². The second-order valence-corrected chi connectivity index (χ2v) is 6.63. The fourth-order valence-electron chi connectivity index (χ4n) is 3.37. The number of likely N-dealkylation sites (tertiary alicyclic amines) is 1. The van der Waals surface area contributed by atoms with Crippen molar-refractivity contribution >= 4 is 5.91 Å². The van der Waals surface area contributed by atoms with E-state index in [1.54, 1.807) is 0 Å². The number of rotatable bonds is 10. The molecule has 0 aromatic heterocycles. The van der Waals surface area contributed by atoms with Crippen LogP contribution in [-0.2, 0) is 14.5 Å². The predicted molar refractivity (Wildman–Crippen MR) is 94.6 cm³/mol. The van der Waals surface area contributed by atoms with Gasteiger partial charge in [0.25, 0.3) is 5.91 Å². The minimum atomic E-state index is -0.238. The Morgan fingerprint density at radius 1 is 1.16 bits per heavy atom. The molecule has 1 amide bonds. The fourth-order valence-corrected chi connectivity index (χ4v) is 3.37. The van der Waals surface area contributed by atoms with Crippen molar-refractivity contribution in [1.29, 1.82) is 0 Å². The van der Waals surface area contributed by atoms with Crippen LogP contribution in [0, 0.1) is 0 Å². The van der Waals surface area contributed by atoms with Gasteiger partial charge in [-0.15, -0.1) is 0 Å². The fraction of sp³-hybridized carbons (Fsp3) is 0.941. The van der Waals surface area contributed by atoms with Gasteiger partial charge in [0.15, 0.2) is 0 Å². The van der Waals surface area contributed by atoms with Gasteiger partial charge in [0.1, 0.15) is 0 Å². The number of nitrogens with zero attached hydrogens (tertiary/aromatic N) is 3. The van der Waals surface area contributed by atoms with Crippen LogP contribution in [-0.4, -0.2) is 97.7 Å². The molecule has 25 heavy (non-hydrogen) atoms. The number of piperidine rings is 1. The summed E-state index contributed by atoms with van der Waals surface area (Å²) in [5.74, 6) is -0.238. The second-order valence-electron chi connectivity index (χ2n) is 6.63. The summed E-state index contributed by atoms with van der Waals surface area (Å²) in [6, 6.07) is -0.191. The van der Waals surface area contributed by atoms with Crippen molar-refractivity contribution in [3.05, 3.63) is 0 Å². The zero-order valence-corrected chi connectivity index (χ0v) is 15.5. The van der Waals surface area contributed by atoms with Crippen LogP contribution in [0.4, 0.5) is 0 Å². The number of piperazine rings is 1. The molecule has 2 aliphatic heterocycles. The third-order valence-corrected chi connectivity index (χ3v) is 4.80. The molecule has 2 N–H and O–H groups in total. The normalized spacial score (nSPS) is 21.2. The largest absolute Gasteiger partial charge is 0.395 e. The van der Waals surface area contributed by atoms with Crippen molar-refractivity contribution in [3.8, 4) is 0 Å². The Hall–Kier alpha value is -0.770. The summed E-state index contributed by atoms with van der Waals surface area (Å²) in [6.45, 7) is 9.02. The molecule has 0 saturated carbocycles. The van der Waals surface area contributed by atoms with Crippen molar-refractivity contribution in [2.45, 2.75) is 38.6 Å². The Morgan fingerprint density at radius 3 is 2.52 bits per heavy atom. The molecule has 2 saturated heterocycles. The standard InChI is InChI=1S/C17H34N4O4/c1-2-24-21(25-13-12-19-8-4-3-5-9-19)17(23)14-16(15-22)20-10-6-18-7-11-20/h16,18,22H,2-15H2,1H3. The molecule has 2 fully saturated rings. The molecular weight excluding hydrogens is 324 g/mol. The zero-order valence-electron chi connectivity index (χ0n) is 15.5. The average molecular weight is 358 g/mol. The van der Waals surface area contributed by atoms with Crippen molar-refractivity contribution < 1.29 is 19.6 Å². The maximum atomic E-state index is 12.5. The highest BCUT2D eigenvalue weighted by molar-refractivity contribution is 5.74. The molecule has 0 spiro atoms. The number of carbonyl (C=O) groups is 1. The SMILES string of the molecule is CCON(OCCN1CCCCC1)C(=O)CC(CO)N1CCNCC1. The molecule has 2 aliphatic rings. The third-order valence-electron chi connectivity index (χ3n) is 4.80. The Morgan fingerprint density at radius 2 is 1.88 bits per heavy atom. The summed E-state index contributed by atoms with van der Waals surface area (Å²) in [7, 11) is 0. The number of nitrogens with one attached hydrogen (secondary N) is 1. The lowest BCUT2D eigenvalue weighted by molar-refractivity contribution is -0.341. The smallest absolute Gasteiger partial charge is 0.275 e. The summed E-state index contributed by atoms with van der Waals surface area (Å²) in [5.41, 5.74) is 0. The first kappa shape index (κ1) is 20.5. The van der Waals surface area contributed by atoms with E-state index in [-0.39, 0.29) is 25.0 Å². The first-order chi connectivity index (χ1) is 12.2. The summed E-state index contributed by atoms with van der Waals surface area (Å²) in [5, 5.41) is 14.0. The van der Waals surface area contributed by atoms with E-state index in [1.165, 1.54) is 19.3 Å². The van der Waals surface area contributed by atoms with Gasteiger partial charge in [-0.2, -0.15) is 0 Å². The monoisotopic (exact) mass is 358 g/mol. The quantitative estimate of drug-likeness (QED) is 0.526. The minimum absolute atomic E-state index is 0.0422. The first-order valence-electron chi connectivity index (χ1n) is 9.61. The maximum Gasteiger partial charge on any atom is 0.275 e. The molecule has 1 atom stereocenters. The van der Waals surface area contributed by atoms with Gasteiger partial charge in [0.2, 0.25) is 0 Å². The lowest BCUT2D eigenvalue weighted by Crippen LogP contribution is -2.51. The van der Waals surface area contributed by atoms with Gasteiger partial charge in [-0.05, 0) is 32.9 Å². The number of hydroxylamine groups is 2. The molecule has 0 radical (unpaired) electrons. The van der Waals surface area contributed by atoms with Gasteiger partial charge in [-0.1, -0.05) is 11.6 Å².